The second-order valence-corrected chi connectivity index (χ2v) is 6.90. The van der Waals surface area contributed by atoms with Crippen molar-refractivity contribution in [3.63, 3.8) is 0 Å². The standard InChI is InChI=1S/C22H24N2O5/c1-14(25)15-4-6-18(7-5-15)23-21(26)12-22(27)24-9-8-16-10-19(28-2)20(29-3)11-17(16)13-24/h4-7,10-11H,8-9,12-13H2,1-3H3,(H,23,26). The van der Waals surface area contributed by atoms with E-state index in [0.717, 1.165) is 11.1 Å². The zero-order valence-corrected chi connectivity index (χ0v) is 16.8. The van der Waals surface area contributed by atoms with Crippen molar-refractivity contribution in [1.29, 1.82) is 0 Å². The third-order valence-corrected chi connectivity index (χ3v) is 4.96. The zero-order chi connectivity index (χ0) is 21.0. The molecule has 1 aliphatic heterocycles. The first kappa shape index (κ1) is 20.4. The molecule has 3 rings (SSSR count). The monoisotopic (exact) mass is 396 g/mol. The van der Waals surface area contributed by atoms with Gasteiger partial charge in [-0.3, -0.25) is 14.4 Å². The Kier molecular flexibility index (Phi) is 6.16. The van der Waals surface area contributed by atoms with E-state index in [0.29, 0.717) is 42.3 Å². The van der Waals surface area contributed by atoms with E-state index in [2.05, 4.69) is 5.32 Å². The molecule has 7 nitrogen and oxygen atoms in total. The van der Waals surface area contributed by atoms with Gasteiger partial charge in [-0.25, -0.2) is 0 Å². The largest absolute Gasteiger partial charge is 0.493 e. The highest BCUT2D eigenvalue weighted by atomic mass is 16.5. The molecule has 1 aliphatic rings. The Morgan fingerprint density at radius 1 is 1.00 bits per heavy atom. The lowest BCUT2D eigenvalue weighted by Gasteiger charge is -2.29. The first-order chi connectivity index (χ1) is 13.9. The van der Waals surface area contributed by atoms with Gasteiger partial charge in [0, 0.05) is 24.3 Å². The number of nitrogens with zero attached hydrogens (tertiary/aromatic N) is 1. The van der Waals surface area contributed by atoms with Crippen LogP contribution >= 0.6 is 0 Å². The van der Waals surface area contributed by atoms with Crippen LogP contribution in [0.1, 0.15) is 34.8 Å². The van der Waals surface area contributed by atoms with E-state index in [9.17, 15) is 14.4 Å². The van der Waals surface area contributed by atoms with Gasteiger partial charge in [0.1, 0.15) is 6.42 Å². The smallest absolute Gasteiger partial charge is 0.233 e. The lowest BCUT2D eigenvalue weighted by Crippen LogP contribution is -2.37. The minimum absolute atomic E-state index is 0.0438. The maximum Gasteiger partial charge on any atom is 0.233 e. The molecule has 0 aromatic heterocycles. The van der Waals surface area contributed by atoms with E-state index >= 15 is 0 Å². The predicted octanol–water partition coefficient (Wildman–Crippen LogP) is 2.82. The van der Waals surface area contributed by atoms with Gasteiger partial charge in [0.15, 0.2) is 17.3 Å². The number of fused-ring (bicyclic) bond motifs is 1. The van der Waals surface area contributed by atoms with Crippen molar-refractivity contribution in [3.8, 4) is 11.5 Å². The molecule has 29 heavy (non-hydrogen) atoms. The van der Waals surface area contributed by atoms with Crippen LogP contribution in [-0.2, 0) is 22.6 Å². The number of methoxy groups -OCH3 is 2. The third-order valence-electron chi connectivity index (χ3n) is 4.96. The molecule has 0 radical (unpaired) electrons. The SMILES string of the molecule is COc1cc2c(cc1OC)CN(C(=O)CC(=O)Nc1ccc(C(C)=O)cc1)CC2. The molecule has 2 aromatic rings. The number of nitrogens with one attached hydrogen (secondary N) is 1. The van der Waals surface area contributed by atoms with Crippen molar-refractivity contribution >= 4 is 23.3 Å². The molecule has 2 aromatic carbocycles. The molecule has 0 fully saturated rings. The Bertz CT molecular complexity index is 937. The summed E-state index contributed by atoms with van der Waals surface area (Å²) in [6.45, 7) is 2.45. The van der Waals surface area contributed by atoms with E-state index in [1.54, 1.807) is 43.4 Å². The molecule has 7 heteroatoms. The van der Waals surface area contributed by atoms with Gasteiger partial charge in [-0.1, -0.05) is 0 Å². The van der Waals surface area contributed by atoms with Crippen LogP contribution in [0.15, 0.2) is 36.4 Å². The number of Topliss-reactive ketones (excluding diaryl/α,β-unsaturated/α-hetero) is 1. The van der Waals surface area contributed by atoms with Gasteiger partial charge >= 0.3 is 0 Å². The first-order valence-corrected chi connectivity index (χ1v) is 9.33. The highest BCUT2D eigenvalue weighted by molar-refractivity contribution is 6.04. The second kappa shape index (κ2) is 8.77. The number of hydrogen-bond acceptors (Lipinski definition) is 5. The topological polar surface area (TPSA) is 84.9 Å². The van der Waals surface area contributed by atoms with Gasteiger partial charge in [0.2, 0.25) is 11.8 Å². The summed E-state index contributed by atoms with van der Waals surface area (Å²) in [5.74, 6) is 0.623. The lowest BCUT2D eigenvalue weighted by atomic mass is 9.98. The van der Waals surface area contributed by atoms with Gasteiger partial charge < -0.3 is 19.7 Å². The fourth-order valence-corrected chi connectivity index (χ4v) is 3.34. The Hall–Kier alpha value is -3.35. The van der Waals surface area contributed by atoms with E-state index in [-0.39, 0.29) is 24.0 Å². The van der Waals surface area contributed by atoms with Crippen molar-refractivity contribution in [2.45, 2.75) is 26.3 Å². The Morgan fingerprint density at radius 2 is 1.62 bits per heavy atom. The number of ketones is 1. The van der Waals surface area contributed by atoms with E-state index in [1.807, 2.05) is 12.1 Å². The first-order valence-electron chi connectivity index (χ1n) is 9.33. The molecular weight excluding hydrogens is 372 g/mol. The van der Waals surface area contributed by atoms with E-state index in [1.165, 1.54) is 6.92 Å². The maximum atomic E-state index is 12.6. The van der Waals surface area contributed by atoms with Crippen molar-refractivity contribution < 1.29 is 23.9 Å². The van der Waals surface area contributed by atoms with Crippen LogP contribution in [0.5, 0.6) is 11.5 Å². The summed E-state index contributed by atoms with van der Waals surface area (Å²) in [6, 6.07) is 10.4. The Balaban J connectivity index is 1.61. The van der Waals surface area contributed by atoms with Gasteiger partial charge in [0.05, 0.1) is 14.2 Å². The molecule has 1 N–H and O–H groups in total. The maximum absolute atomic E-state index is 12.6. The fraction of sp³-hybridized carbons (Fsp3) is 0.318. The number of carbonyl (C=O) groups excluding carboxylic acids is 3. The molecule has 0 saturated heterocycles. The van der Waals surface area contributed by atoms with Crippen LogP contribution in [-0.4, -0.2) is 43.3 Å². The average molecular weight is 396 g/mol. The molecule has 152 valence electrons. The van der Waals surface area contributed by atoms with Crippen molar-refractivity contribution in [2.24, 2.45) is 0 Å². The number of anilines is 1. The van der Waals surface area contributed by atoms with Gasteiger partial charge in [-0.15, -0.1) is 0 Å². The predicted molar refractivity (Wildman–Crippen MR) is 108 cm³/mol. The second-order valence-electron chi connectivity index (χ2n) is 6.90. The number of hydrogen-bond donors (Lipinski definition) is 1. The number of ether oxygens (including phenoxy) is 2. The third kappa shape index (κ3) is 4.74. The van der Waals surface area contributed by atoms with Crippen molar-refractivity contribution in [3.05, 3.63) is 53.1 Å². The quantitative estimate of drug-likeness (QED) is 0.600. The Morgan fingerprint density at radius 3 is 2.21 bits per heavy atom. The summed E-state index contributed by atoms with van der Waals surface area (Å²) in [7, 11) is 3.17. The summed E-state index contributed by atoms with van der Waals surface area (Å²) < 4.78 is 10.7. The van der Waals surface area contributed by atoms with Crippen LogP contribution < -0.4 is 14.8 Å². The van der Waals surface area contributed by atoms with Gasteiger partial charge in [-0.2, -0.15) is 0 Å². The summed E-state index contributed by atoms with van der Waals surface area (Å²) in [5.41, 5.74) is 3.22. The summed E-state index contributed by atoms with van der Waals surface area (Å²) in [4.78, 5) is 37.8. The number of carbonyl (C=O) groups is 3. The summed E-state index contributed by atoms with van der Waals surface area (Å²) in [5, 5.41) is 2.70. The molecule has 1 heterocycles. The molecule has 0 unspecified atom stereocenters. The van der Waals surface area contributed by atoms with Crippen LogP contribution in [0.3, 0.4) is 0 Å². The van der Waals surface area contributed by atoms with Crippen LogP contribution in [0.4, 0.5) is 5.69 Å². The molecule has 0 atom stereocenters. The highest BCUT2D eigenvalue weighted by Gasteiger charge is 2.24. The van der Waals surface area contributed by atoms with Crippen molar-refractivity contribution in [1.82, 2.24) is 4.90 Å². The number of benzene rings is 2. The lowest BCUT2D eigenvalue weighted by molar-refractivity contribution is -0.135. The van der Waals surface area contributed by atoms with Gasteiger partial charge in [-0.05, 0) is 60.9 Å². The minimum atomic E-state index is -0.385. The molecule has 2 amide bonds. The molecule has 0 bridgehead atoms. The van der Waals surface area contributed by atoms with Crippen LogP contribution in [0.2, 0.25) is 0 Å². The average Bonchev–Trinajstić information content (AvgIpc) is 2.72. The molecular formula is C22H24N2O5. The molecule has 0 aliphatic carbocycles. The highest BCUT2D eigenvalue weighted by Crippen LogP contribution is 2.33. The Labute approximate surface area is 169 Å². The van der Waals surface area contributed by atoms with E-state index < -0.39 is 0 Å². The minimum Gasteiger partial charge on any atom is -0.493 e. The molecule has 0 spiro atoms. The van der Waals surface area contributed by atoms with Crippen LogP contribution in [0.25, 0.3) is 0 Å². The normalized spacial score (nSPS) is 12.7. The summed E-state index contributed by atoms with van der Waals surface area (Å²) in [6.07, 6.45) is 0.451. The number of rotatable bonds is 6. The number of amides is 2. The zero-order valence-electron chi connectivity index (χ0n) is 16.8. The van der Waals surface area contributed by atoms with Crippen molar-refractivity contribution in [2.75, 3.05) is 26.1 Å². The van der Waals surface area contributed by atoms with Crippen LogP contribution in [0, 0.1) is 0 Å². The molecule has 0 saturated carbocycles. The summed E-state index contributed by atoms with van der Waals surface area (Å²) >= 11 is 0. The fourth-order valence-electron chi connectivity index (χ4n) is 3.34. The van der Waals surface area contributed by atoms with Gasteiger partial charge in [0.25, 0.3) is 0 Å². The van der Waals surface area contributed by atoms with E-state index in [4.69, 9.17) is 9.47 Å².